The Hall–Kier alpha value is -3.60. The predicted octanol–water partition coefficient (Wildman–Crippen LogP) is 3.84. The maximum atomic E-state index is 5.64. The van der Waals surface area contributed by atoms with Crippen LogP contribution >= 0.6 is 0 Å². The van der Waals surface area contributed by atoms with Crippen molar-refractivity contribution in [1.29, 1.82) is 0 Å². The Bertz CT molecular complexity index is 1200. The van der Waals surface area contributed by atoms with Crippen LogP contribution in [0.1, 0.15) is 0 Å². The molecule has 0 atom stereocenters. The Morgan fingerprint density at radius 3 is 2.60 bits per heavy atom. The molecule has 3 aromatic carbocycles. The molecule has 0 fully saturated rings. The summed E-state index contributed by atoms with van der Waals surface area (Å²) in [4.78, 5) is 7.53. The van der Waals surface area contributed by atoms with Crippen molar-refractivity contribution in [3.05, 3.63) is 73.1 Å². The summed E-state index contributed by atoms with van der Waals surface area (Å²) in [6, 6.07) is 22.7. The quantitative estimate of drug-likeness (QED) is 0.484. The molecule has 0 saturated carbocycles. The van der Waals surface area contributed by atoms with Crippen LogP contribution in [0.2, 0.25) is 0 Å². The lowest BCUT2D eigenvalue weighted by Gasteiger charge is -2.02. The minimum atomic E-state index is 0.190. The van der Waals surface area contributed by atoms with Gasteiger partial charge >= 0.3 is 0 Å². The highest BCUT2D eigenvalue weighted by molar-refractivity contribution is 5.85. The SMILES string of the molecule is Nc1nc2cc(-c3ccc4[nH]c[n+](-c5ccccc5)c4c3)ccc2o1. The van der Waals surface area contributed by atoms with Crippen molar-refractivity contribution in [3.8, 4) is 16.8 Å². The third kappa shape index (κ3) is 2.25. The van der Waals surface area contributed by atoms with Gasteiger partial charge < -0.3 is 10.2 Å². The molecule has 0 aliphatic rings. The second-order valence-corrected chi connectivity index (χ2v) is 5.95. The molecule has 0 spiro atoms. The fourth-order valence-corrected chi connectivity index (χ4v) is 3.16. The van der Waals surface area contributed by atoms with Gasteiger partial charge in [0.25, 0.3) is 6.01 Å². The van der Waals surface area contributed by atoms with Gasteiger partial charge in [-0.25, -0.2) is 4.98 Å². The van der Waals surface area contributed by atoms with E-state index >= 15 is 0 Å². The number of aromatic nitrogens is 3. The van der Waals surface area contributed by atoms with Gasteiger partial charge in [-0.1, -0.05) is 24.3 Å². The normalized spacial score (nSPS) is 11.4. The van der Waals surface area contributed by atoms with Gasteiger partial charge in [0.1, 0.15) is 11.2 Å². The summed E-state index contributed by atoms with van der Waals surface area (Å²) in [6.45, 7) is 0. The standard InChI is InChI=1S/C20H14N4O/c21-20-23-17-10-13(7-9-19(17)25-20)14-6-8-16-18(11-14)24(12-22-16)15-4-2-1-3-5-15/h1-12H,(H2,21,23)/p+1. The first-order valence-electron chi connectivity index (χ1n) is 8.02. The molecule has 3 N–H and O–H groups in total. The van der Waals surface area contributed by atoms with Crippen LogP contribution in [0.4, 0.5) is 6.01 Å². The van der Waals surface area contributed by atoms with Gasteiger partial charge in [-0.2, -0.15) is 9.55 Å². The lowest BCUT2D eigenvalue weighted by molar-refractivity contribution is -0.567. The molecule has 0 aliphatic carbocycles. The first kappa shape index (κ1) is 13.8. The Morgan fingerprint density at radius 2 is 1.72 bits per heavy atom. The monoisotopic (exact) mass is 327 g/mol. The molecule has 120 valence electrons. The van der Waals surface area contributed by atoms with Gasteiger partial charge in [-0.15, -0.1) is 0 Å². The van der Waals surface area contributed by atoms with Crippen molar-refractivity contribution in [2.45, 2.75) is 0 Å². The van der Waals surface area contributed by atoms with E-state index in [0.29, 0.717) is 5.58 Å². The molecule has 0 aliphatic heterocycles. The van der Waals surface area contributed by atoms with E-state index in [1.54, 1.807) is 0 Å². The van der Waals surface area contributed by atoms with Crippen molar-refractivity contribution in [1.82, 2.24) is 9.97 Å². The second kappa shape index (κ2) is 5.21. The fourth-order valence-electron chi connectivity index (χ4n) is 3.16. The number of H-pyrrole nitrogens is 1. The number of nitrogens with two attached hydrogens (primary N) is 1. The van der Waals surface area contributed by atoms with Crippen LogP contribution in [-0.4, -0.2) is 9.97 Å². The number of anilines is 1. The first-order chi connectivity index (χ1) is 12.3. The number of oxazole rings is 1. The summed E-state index contributed by atoms with van der Waals surface area (Å²) < 4.78 is 7.50. The smallest absolute Gasteiger partial charge is 0.292 e. The molecule has 5 heteroatoms. The zero-order valence-electron chi connectivity index (χ0n) is 13.3. The summed E-state index contributed by atoms with van der Waals surface area (Å²) in [6.07, 6.45) is 1.98. The number of nitrogen functional groups attached to an aromatic ring is 1. The van der Waals surface area contributed by atoms with E-state index in [-0.39, 0.29) is 6.01 Å². The van der Waals surface area contributed by atoms with Crippen LogP contribution in [-0.2, 0) is 0 Å². The van der Waals surface area contributed by atoms with Gasteiger partial charge in [0.05, 0.1) is 0 Å². The van der Waals surface area contributed by atoms with E-state index in [1.165, 1.54) is 0 Å². The van der Waals surface area contributed by atoms with E-state index in [2.05, 4.69) is 44.9 Å². The van der Waals surface area contributed by atoms with Crippen molar-refractivity contribution < 1.29 is 8.98 Å². The molecule has 2 heterocycles. The number of hydrogen-bond donors (Lipinski definition) is 2. The summed E-state index contributed by atoms with van der Waals surface area (Å²) in [5, 5.41) is 0. The van der Waals surface area contributed by atoms with Gasteiger partial charge in [0.2, 0.25) is 6.33 Å². The number of benzene rings is 3. The second-order valence-electron chi connectivity index (χ2n) is 5.95. The number of para-hydroxylation sites is 1. The average Bonchev–Trinajstić information content (AvgIpc) is 3.23. The van der Waals surface area contributed by atoms with Crippen LogP contribution in [0.25, 0.3) is 38.9 Å². The minimum Gasteiger partial charge on any atom is -0.424 e. The molecule has 0 unspecified atom stereocenters. The summed E-state index contributed by atoms with van der Waals surface area (Å²) in [5.41, 5.74) is 12.6. The van der Waals surface area contributed by atoms with E-state index in [0.717, 1.165) is 33.4 Å². The summed E-state index contributed by atoms with van der Waals surface area (Å²) in [5.74, 6) is 0. The molecular weight excluding hydrogens is 312 g/mol. The van der Waals surface area contributed by atoms with Crippen LogP contribution < -0.4 is 10.3 Å². The molecule has 5 nitrogen and oxygen atoms in total. The molecule has 25 heavy (non-hydrogen) atoms. The van der Waals surface area contributed by atoms with Crippen LogP contribution in [0, 0.1) is 0 Å². The summed E-state index contributed by atoms with van der Waals surface area (Å²) >= 11 is 0. The molecule has 2 aromatic heterocycles. The number of aromatic amines is 1. The third-order valence-electron chi connectivity index (χ3n) is 4.38. The minimum absolute atomic E-state index is 0.190. The van der Waals surface area contributed by atoms with Gasteiger partial charge in [-0.05, 0) is 53.6 Å². The van der Waals surface area contributed by atoms with Gasteiger partial charge in [0.15, 0.2) is 16.6 Å². The van der Waals surface area contributed by atoms with Crippen molar-refractivity contribution in [2.75, 3.05) is 5.73 Å². The molecule has 0 bridgehead atoms. The lowest BCUT2D eigenvalue weighted by Crippen LogP contribution is -2.28. The highest BCUT2D eigenvalue weighted by Gasteiger charge is 2.13. The van der Waals surface area contributed by atoms with Crippen molar-refractivity contribution in [2.24, 2.45) is 0 Å². The average molecular weight is 327 g/mol. The topological polar surface area (TPSA) is 71.7 Å². The number of nitrogens with zero attached hydrogens (tertiary/aromatic N) is 2. The number of rotatable bonds is 2. The molecule has 5 aromatic rings. The van der Waals surface area contributed by atoms with Crippen molar-refractivity contribution in [3.63, 3.8) is 0 Å². The number of fused-ring (bicyclic) bond motifs is 2. The maximum absolute atomic E-state index is 5.64. The number of imidazole rings is 1. The molecule has 0 amide bonds. The van der Waals surface area contributed by atoms with Crippen LogP contribution in [0.3, 0.4) is 0 Å². The molecule has 0 radical (unpaired) electrons. The van der Waals surface area contributed by atoms with Crippen molar-refractivity contribution >= 4 is 28.1 Å². The predicted molar refractivity (Wildman–Crippen MR) is 97.2 cm³/mol. The number of hydrogen-bond acceptors (Lipinski definition) is 3. The Balaban J connectivity index is 1.68. The van der Waals surface area contributed by atoms with E-state index in [1.807, 2.05) is 42.7 Å². The first-order valence-corrected chi connectivity index (χ1v) is 8.02. The Morgan fingerprint density at radius 1 is 0.920 bits per heavy atom. The van der Waals surface area contributed by atoms with Crippen LogP contribution in [0.5, 0.6) is 0 Å². The lowest BCUT2D eigenvalue weighted by atomic mass is 10.0. The zero-order chi connectivity index (χ0) is 16.8. The molecule has 0 saturated heterocycles. The number of nitrogens with one attached hydrogen (secondary N) is 1. The van der Waals surface area contributed by atoms with E-state index in [4.69, 9.17) is 10.2 Å². The Labute approximate surface area is 143 Å². The van der Waals surface area contributed by atoms with E-state index < -0.39 is 0 Å². The zero-order valence-corrected chi connectivity index (χ0v) is 13.3. The van der Waals surface area contributed by atoms with Gasteiger partial charge in [0, 0.05) is 0 Å². The Kier molecular flexibility index (Phi) is 2.87. The summed E-state index contributed by atoms with van der Waals surface area (Å²) in [7, 11) is 0. The molecule has 5 rings (SSSR count). The van der Waals surface area contributed by atoms with E-state index in [9.17, 15) is 0 Å². The highest BCUT2D eigenvalue weighted by atomic mass is 16.4. The fraction of sp³-hybridized carbons (Fsp3) is 0. The third-order valence-corrected chi connectivity index (χ3v) is 4.38. The van der Waals surface area contributed by atoms with Gasteiger partial charge in [-0.3, -0.25) is 0 Å². The highest BCUT2D eigenvalue weighted by Crippen LogP contribution is 2.27. The van der Waals surface area contributed by atoms with Crippen LogP contribution in [0.15, 0.2) is 77.5 Å². The maximum Gasteiger partial charge on any atom is 0.292 e. The largest absolute Gasteiger partial charge is 0.424 e. The molecular formula is C20H15N4O+.